The van der Waals surface area contributed by atoms with E-state index < -0.39 is 0 Å². The molecule has 0 radical (unpaired) electrons. The van der Waals surface area contributed by atoms with Gasteiger partial charge in [0.25, 0.3) is 0 Å². The Bertz CT molecular complexity index is 277. The number of nitrogens with one attached hydrogen (secondary N) is 1. The van der Waals surface area contributed by atoms with Crippen LogP contribution in [-0.4, -0.2) is 17.8 Å². The highest BCUT2D eigenvalue weighted by Gasteiger charge is 2.00. The minimum absolute atomic E-state index is 0.123. The fourth-order valence-corrected chi connectivity index (χ4v) is 2.78. The van der Waals surface area contributed by atoms with Crippen molar-refractivity contribution < 1.29 is 5.11 Å². The molecule has 4 heteroatoms. The average Bonchev–Trinajstić information content (AvgIpc) is 2.63. The summed E-state index contributed by atoms with van der Waals surface area (Å²) in [4.78, 5) is 1.35. The Morgan fingerprint density at radius 1 is 1.53 bits per heavy atom. The molecule has 0 saturated heterocycles. The fourth-order valence-electron chi connectivity index (χ4n) is 1.33. The molecule has 0 aliphatic heterocycles. The van der Waals surface area contributed by atoms with Gasteiger partial charge in [0.2, 0.25) is 0 Å². The summed E-state index contributed by atoms with van der Waals surface area (Å²) in [6, 6.07) is 4.20. The monoisotopic (exact) mass is 291 g/mol. The molecule has 1 heterocycles. The van der Waals surface area contributed by atoms with Gasteiger partial charge < -0.3 is 10.4 Å². The Morgan fingerprint density at radius 2 is 2.33 bits per heavy atom. The SMILES string of the molecule is CCC(O)CCCNCc1ccc(Br)s1. The summed E-state index contributed by atoms with van der Waals surface area (Å²) in [6.45, 7) is 3.92. The van der Waals surface area contributed by atoms with Gasteiger partial charge in [-0.15, -0.1) is 11.3 Å². The Labute approximate surface area is 104 Å². The average molecular weight is 292 g/mol. The molecule has 1 unspecified atom stereocenters. The van der Waals surface area contributed by atoms with E-state index >= 15 is 0 Å². The van der Waals surface area contributed by atoms with E-state index in [9.17, 15) is 5.11 Å². The predicted octanol–water partition coefficient (Wildman–Crippen LogP) is 3.15. The molecule has 0 saturated carbocycles. The number of thiophene rings is 1. The van der Waals surface area contributed by atoms with Gasteiger partial charge in [-0.25, -0.2) is 0 Å². The third kappa shape index (κ3) is 5.66. The quantitative estimate of drug-likeness (QED) is 0.757. The van der Waals surface area contributed by atoms with Gasteiger partial charge in [-0.1, -0.05) is 6.92 Å². The van der Waals surface area contributed by atoms with E-state index in [0.717, 1.165) is 32.4 Å². The second kappa shape index (κ2) is 7.39. The molecule has 0 fully saturated rings. The normalized spacial score (nSPS) is 13.0. The van der Waals surface area contributed by atoms with Crippen molar-refractivity contribution in [1.29, 1.82) is 0 Å². The van der Waals surface area contributed by atoms with Gasteiger partial charge in [0.15, 0.2) is 0 Å². The molecule has 15 heavy (non-hydrogen) atoms. The molecular formula is C11H18BrNOS. The smallest absolute Gasteiger partial charge is 0.0701 e. The lowest BCUT2D eigenvalue weighted by Crippen LogP contribution is -2.16. The van der Waals surface area contributed by atoms with Crippen molar-refractivity contribution in [3.8, 4) is 0 Å². The van der Waals surface area contributed by atoms with Gasteiger partial charge in [0.1, 0.15) is 0 Å². The number of hydrogen-bond donors (Lipinski definition) is 2. The third-order valence-electron chi connectivity index (χ3n) is 2.29. The third-order valence-corrected chi connectivity index (χ3v) is 3.91. The molecule has 1 aromatic heterocycles. The van der Waals surface area contributed by atoms with Crippen LogP contribution in [0.25, 0.3) is 0 Å². The van der Waals surface area contributed by atoms with Gasteiger partial charge in [0.05, 0.1) is 9.89 Å². The number of aliphatic hydroxyl groups is 1. The summed E-state index contributed by atoms with van der Waals surface area (Å²) in [5.74, 6) is 0. The Hall–Kier alpha value is 0.1000. The molecule has 86 valence electrons. The maximum absolute atomic E-state index is 9.35. The van der Waals surface area contributed by atoms with Crippen LogP contribution in [-0.2, 0) is 6.54 Å². The fraction of sp³-hybridized carbons (Fsp3) is 0.636. The first kappa shape index (κ1) is 13.2. The zero-order chi connectivity index (χ0) is 11.1. The highest BCUT2D eigenvalue weighted by atomic mass is 79.9. The Morgan fingerprint density at radius 3 is 2.93 bits per heavy atom. The minimum Gasteiger partial charge on any atom is -0.393 e. The van der Waals surface area contributed by atoms with Gasteiger partial charge in [-0.3, -0.25) is 0 Å². The maximum Gasteiger partial charge on any atom is 0.0701 e. The minimum atomic E-state index is -0.123. The zero-order valence-electron chi connectivity index (χ0n) is 9.00. The van der Waals surface area contributed by atoms with E-state index in [0.29, 0.717) is 0 Å². The van der Waals surface area contributed by atoms with E-state index in [-0.39, 0.29) is 6.10 Å². The maximum atomic E-state index is 9.35. The van der Waals surface area contributed by atoms with E-state index in [2.05, 4.69) is 33.4 Å². The molecule has 0 bridgehead atoms. The summed E-state index contributed by atoms with van der Waals surface area (Å²) in [6.07, 6.45) is 2.68. The second-order valence-electron chi connectivity index (χ2n) is 3.59. The molecule has 0 aliphatic carbocycles. The van der Waals surface area contributed by atoms with Crippen molar-refractivity contribution in [2.24, 2.45) is 0 Å². The summed E-state index contributed by atoms with van der Waals surface area (Å²) in [5.41, 5.74) is 0. The zero-order valence-corrected chi connectivity index (χ0v) is 11.4. The number of halogens is 1. The highest BCUT2D eigenvalue weighted by Crippen LogP contribution is 2.21. The van der Waals surface area contributed by atoms with Crippen LogP contribution >= 0.6 is 27.3 Å². The summed E-state index contributed by atoms with van der Waals surface area (Å²) < 4.78 is 1.18. The van der Waals surface area contributed by atoms with E-state index in [4.69, 9.17) is 0 Å². The summed E-state index contributed by atoms with van der Waals surface area (Å²) in [7, 11) is 0. The molecule has 2 nitrogen and oxygen atoms in total. The molecule has 1 atom stereocenters. The van der Waals surface area contributed by atoms with Crippen LogP contribution in [0.4, 0.5) is 0 Å². The standard InChI is InChI=1S/C11H18BrNOS/c1-2-9(14)4-3-7-13-8-10-5-6-11(12)15-10/h5-6,9,13-14H,2-4,7-8H2,1H3. The van der Waals surface area contributed by atoms with Crippen molar-refractivity contribution >= 4 is 27.3 Å². The molecule has 0 amide bonds. The summed E-state index contributed by atoms with van der Waals surface area (Å²) >= 11 is 5.20. The number of hydrogen-bond acceptors (Lipinski definition) is 3. The van der Waals surface area contributed by atoms with Crippen molar-refractivity contribution in [3.05, 3.63) is 20.8 Å². The molecule has 0 aromatic carbocycles. The van der Waals surface area contributed by atoms with Crippen molar-refractivity contribution in [3.63, 3.8) is 0 Å². The predicted molar refractivity (Wildman–Crippen MR) is 69.3 cm³/mol. The van der Waals surface area contributed by atoms with Crippen molar-refractivity contribution in [1.82, 2.24) is 5.32 Å². The topological polar surface area (TPSA) is 32.3 Å². The highest BCUT2D eigenvalue weighted by molar-refractivity contribution is 9.11. The van der Waals surface area contributed by atoms with Crippen LogP contribution < -0.4 is 5.32 Å². The molecule has 1 aromatic rings. The first-order chi connectivity index (χ1) is 7.22. The van der Waals surface area contributed by atoms with E-state index in [1.807, 2.05) is 6.92 Å². The van der Waals surface area contributed by atoms with Crippen molar-refractivity contribution in [2.45, 2.75) is 38.8 Å². The van der Waals surface area contributed by atoms with E-state index in [1.165, 1.54) is 8.66 Å². The molecule has 1 rings (SSSR count). The lowest BCUT2D eigenvalue weighted by atomic mass is 10.1. The molecule has 2 N–H and O–H groups in total. The van der Waals surface area contributed by atoms with Gasteiger partial charge in [0, 0.05) is 11.4 Å². The summed E-state index contributed by atoms with van der Waals surface area (Å²) in [5, 5.41) is 12.7. The van der Waals surface area contributed by atoms with Crippen LogP contribution in [0.3, 0.4) is 0 Å². The Balaban J connectivity index is 2.02. The number of rotatable bonds is 7. The van der Waals surface area contributed by atoms with Gasteiger partial charge in [-0.05, 0) is 53.9 Å². The molecule has 0 aliphatic rings. The van der Waals surface area contributed by atoms with Crippen LogP contribution in [0.5, 0.6) is 0 Å². The van der Waals surface area contributed by atoms with Gasteiger partial charge in [-0.2, -0.15) is 0 Å². The van der Waals surface area contributed by atoms with Gasteiger partial charge >= 0.3 is 0 Å². The van der Waals surface area contributed by atoms with Crippen LogP contribution in [0, 0.1) is 0 Å². The Kier molecular flexibility index (Phi) is 6.48. The lowest BCUT2D eigenvalue weighted by molar-refractivity contribution is 0.157. The largest absolute Gasteiger partial charge is 0.393 e. The first-order valence-electron chi connectivity index (χ1n) is 5.35. The molecule has 0 spiro atoms. The van der Waals surface area contributed by atoms with Crippen LogP contribution in [0.2, 0.25) is 0 Å². The van der Waals surface area contributed by atoms with Crippen molar-refractivity contribution in [2.75, 3.05) is 6.54 Å². The van der Waals surface area contributed by atoms with Crippen LogP contribution in [0.15, 0.2) is 15.9 Å². The lowest BCUT2D eigenvalue weighted by Gasteiger charge is -2.07. The number of aliphatic hydroxyl groups excluding tert-OH is 1. The first-order valence-corrected chi connectivity index (χ1v) is 6.96. The molecular weight excluding hydrogens is 274 g/mol. The second-order valence-corrected chi connectivity index (χ2v) is 6.13. The van der Waals surface area contributed by atoms with E-state index in [1.54, 1.807) is 11.3 Å². The van der Waals surface area contributed by atoms with Crippen LogP contribution in [0.1, 0.15) is 31.1 Å².